The molecule has 3 rings (SSSR count). The zero-order valence-corrected chi connectivity index (χ0v) is 13.9. The summed E-state index contributed by atoms with van der Waals surface area (Å²) in [7, 11) is 0. The molecule has 0 spiro atoms. The van der Waals surface area contributed by atoms with Crippen molar-refractivity contribution in [3.8, 4) is 11.6 Å². The molecule has 0 aromatic carbocycles. The first-order chi connectivity index (χ1) is 12.2. The summed E-state index contributed by atoms with van der Waals surface area (Å²) in [5.41, 5.74) is 0.385. The molecule has 3 aromatic heterocycles. The lowest BCUT2D eigenvalue weighted by Gasteiger charge is -2.15. The molecule has 3 heterocycles. The average Bonchev–Trinajstić information content (AvgIpc) is 3.15. The van der Waals surface area contributed by atoms with Crippen LogP contribution < -0.4 is 10.1 Å². The Morgan fingerprint density at radius 2 is 2.12 bits per heavy atom. The first-order valence-electron chi connectivity index (χ1n) is 8.08. The summed E-state index contributed by atoms with van der Waals surface area (Å²) in [5, 5.41) is 2.97. The predicted octanol–water partition coefficient (Wildman–Crippen LogP) is 3.61. The van der Waals surface area contributed by atoms with E-state index in [2.05, 4.69) is 15.3 Å². The zero-order valence-electron chi connectivity index (χ0n) is 13.9. The average molecular weight is 337 g/mol. The lowest BCUT2D eigenvalue weighted by molar-refractivity contribution is 0.0935. The highest BCUT2D eigenvalue weighted by atomic mass is 16.5. The van der Waals surface area contributed by atoms with Gasteiger partial charge in [-0.1, -0.05) is 0 Å². The van der Waals surface area contributed by atoms with Crippen LogP contribution in [0, 0.1) is 0 Å². The smallest absolute Gasteiger partial charge is 0.256 e. The molecule has 0 aliphatic carbocycles. The van der Waals surface area contributed by atoms with Gasteiger partial charge in [-0.2, -0.15) is 0 Å². The van der Waals surface area contributed by atoms with E-state index in [1.807, 2.05) is 19.1 Å². The summed E-state index contributed by atoms with van der Waals surface area (Å²) in [6.45, 7) is 1.96. The van der Waals surface area contributed by atoms with Crippen LogP contribution in [0.25, 0.3) is 0 Å². The second kappa shape index (κ2) is 8.10. The van der Waals surface area contributed by atoms with Gasteiger partial charge in [0.2, 0.25) is 5.88 Å². The van der Waals surface area contributed by atoms with E-state index in [0.29, 0.717) is 11.3 Å². The van der Waals surface area contributed by atoms with E-state index in [9.17, 15) is 4.79 Å². The van der Waals surface area contributed by atoms with E-state index in [0.717, 1.165) is 18.6 Å². The number of carbonyl (C=O) groups is 1. The maximum Gasteiger partial charge on any atom is 0.256 e. The van der Waals surface area contributed by atoms with E-state index >= 15 is 0 Å². The highest BCUT2D eigenvalue weighted by Crippen LogP contribution is 2.22. The van der Waals surface area contributed by atoms with Gasteiger partial charge >= 0.3 is 0 Å². The van der Waals surface area contributed by atoms with Crippen LogP contribution in [-0.2, 0) is 6.42 Å². The molecule has 1 atom stereocenters. The third-order valence-corrected chi connectivity index (χ3v) is 3.65. The topological polar surface area (TPSA) is 77.2 Å². The molecule has 0 saturated heterocycles. The number of rotatable bonds is 7. The number of aromatic nitrogens is 2. The number of hydrogen-bond acceptors (Lipinski definition) is 5. The van der Waals surface area contributed by atoms with Crippen LogP contribution in [-0.4, -0.2) is 21.9 Å². The van der Waals surface area contributed by atoms with Gasteiger partial charge < -0.3 is 14.5 Å². The van der Waals surface area contributed by atoms with Gasteiger partial charge in [0.1, 0.15) is 17.1 Å². The van der Waals surface area contributed by atoms with Gasteiger partial charge in [0.15, 0.2) is 0 Å². The van der Waals surface area contributed by atoms with Crippen molar-refractivity contribution in [2.75, 3.05) is 0 Å². The highest BCUT2D eigenvalue weighted by molar-refractivity contribution is 5.96. The first kappa shape index (κ1) is 16.7. The third kappa shape index (κ3) is 4.67. The summed E-state index contributed by atoms with van der Waals surface area (Å²) in [6, 6.07) is 10.7. The van der Waals surface area contributed by atoms with Crippen molar-refractivity contribution in [1.82, 2.24) is 15.3 Å². The molecule has 0 radical (unpaired) electrons. The maximum absolute atomic E-state index is 12.6. The summed E-state index contributed by atoms with van der Waals surface area (Å²) >= 11 is 0. The molecule has 6 heteroatoms. The Morgan fingerprint density at radius 1 is 1.24 bits per heavy atom. The standard InChI is InChI=1S/C19H19N3O3/c1-14(8-9-15-6-4-12-24-15)22-18(23)17-7-3-11-21-19(17)25-16-5-2-10-20-13-16/h2-7,10-14H,8-9H2,1H3,(H,22,23)/t14-/m0/s1. The maximum atomic E-state index is 12.6. The Kier molecular flexibility index (Phi) is 5.41. The SMILES string of the molecule is C[C@@H](CCc1ccco1)NC(=O)c1cccnc1Oc1cccnc1. The Labute approximate surface area is 145 Å². The second-order valence-corrected chi connectivity index (χ2v) is 5.64. The molecular weight excluding hydrogens is 318 g/mol. The highest BCUT2D eigenvalue weighted by Gasteiger charge is 2.16. The normalized spacial score (nSPS) is 11.7. The summed E-state index contributed by atoms with van der Waals surface area (Å²) < 4.78 is 11.0. The Hall–Kier alpha value is -3.15. The van der Waals surface area contributed by atoms with Crippen molar-refractivity contribution < 1.29 is 13.9 Å². The van der Waals surface area contributed by atoms with Gasteiger partial charge in [-0.3, -0.25) is 9.78 Å². The van der Waals surface area contributed by atoms with Crippen LogP contribution in [0.4, 0.5) is 0 Å². The van der Waals surface area contributed by atoms with Gasteiger partial charge in [0, 0.05) is 24.9 Å². The van der Waals surface area contributed by atoms with Crippen LogP contribution >= 0.6 is 0 Å². The minimum atomic E-state index is -0.223. The van der Waals surface area contributed by atoms with Gasteiger partial charge in [-0.25, -0.2) is 4.98 Å². The van der Waals surface area contributed by atoms with Crippen LogP contribution in [0.2, 0.25) is 0 Å². The molecule has 25 heavy (non-hydrogen) atoms. The van der Waals surface area contributed by atoms with Crippen molar-refractivity contribution in [3.05, 3.63) is 72.6 Å². The summed E-state index contributed by atoms with van der Waals surface area (Å²) in [5.74, 6) is 1.47. The van der Waals surface area contributed by atoms with Crippen LogP contribution in [0.3, 0.4) is 0 Å². The Morgan fingerprint density at radius 3 is 2.88 bits per heavy atom. The molecule has 6 nitrogen and oxygen atoms in total. The van der Waals surface area contributed by atoms with Gasteiger partial charge in [-0.05, 0) is 49.7 Å². The number of aryl methyl sites for hydroxylation is 1. The molecule has 128 valence electrons. The second-order valence-electron chi connectivity index (χ2n) is 5.64. The minimum Gasteiger partial charge on any atom is -0.469 e. The monoisotopic (exact) mass is 337 g/mol. The van der Waals surface area contributed by atoms with Crippen molar-refractivity contribution in [2.24, 2.45) is 0 Å². The predicted molar refractivity (Wildman–Crippen MR) is 92.5 cm³/mol. The number of hydrogen-bond donors (Lipinski definition) is 1. The molecule has 1 N–H and O–H groups in total. The molecule has 0 fully saturated rings. The largest absolute Gasteiger partial charge is 0.469 e. The van der Waals surface area contributed by atoms with Gasteiger partial charge in [0.25, 0.3) is 5.91 Å². The van der Waals surface area contributed by atoms with E-state index in [-0.39, 0.29) is 17.8 Å². The first-order valence-corrected chi connectivity index (χ1v) is 8.08. The quantitative estimate of drug-likeness (QED) is 0.712. The van der Waals surface area contributed by atoms with Crippen LogP contribution in [0.5, 0.6) is 11.6 Å². The van der Waals surface area contributed by atoms with E-state index in [4.69, 9.17) is 9.15 Å². The lowest BCUT2D eigenvalue weighted by atomic mass is 10.1. The van der Waals surface area contributed by atoms with Crippen molar-refractivity contribution in [3.63, 3.8) is 0 Å². The van der Waals surface area contributed by atoms with Gasteiger partial charge in [-0.15, -0.1) is 0 Å². The number of amides is 1. The molecule has 0 bridgehead atoms. The third-order valence-electron chi connectivity index (χ3n) is 3.65. The number of ether oxygens (including phenoxy) is 1. The van der Waals surface area contributed by atoms with Crippen molar-refractivity contribution >= 4 is 5.91 Å². The molecular formula is C19H19N3O3. The fraction of sp³-hybridized carbons (Fsp3) is 0.211. The van der Waals surface area contributed by atoms with Crippen molar-refractivity contribution in [1.29, 1.82) is 0 Å². The van der Waals surface area contributed by atoms with E-state index < -0.39 is 0 Å². The Balaban J connectivity index is 1.63. The van der Waals surface area contributed by atoms with Gasteiger partial charge in [0.05, 0.1) is 12.5 Å². The molecule has 3 aromatic rings. The molecule has 0 unspecified atom stereocenters. The fourth-order valence-electron chi connectivity index (χ4n) is 2.35. The minimum absolute atomic E-state index is 0.0101. The van der Waals surface area contributed by atoms with Crippen molar-refractivity contribution in [2.45, 2.75) is 25.8 Å². The Bertz CT molecular complexity index is 804. The van der Waals surface area contributed by atoms with E-state index in [1.165, 1.54) is 0 Å². The van der Waals surface area contributed by atoms with Crippen LogP contribution in [0.15, 0.2) is 65.7 Å². The number of carbonyl (C=O) groups excluding carboxylic acids is 1. The number of furan rings is 1. The fourth-order valence-corrected chi connectivity index (χ4v) is 2.35. The molecule has 0 saturated carbocycles. The molecule has 1 amide bonds. The zero-order chi connectivity index (χ0) is 17.5. The number of pyridine rings is 2. The van der Waals surface area contributed by atoms with E-state index in [1.54, 1.807) is 49.1 Å². The molecule has 0 aliphatic heterocycles. The molecule has 0 aliphatic rings. The summed E-state index contributed by atoms with van der Waals surface area (Å²) in [6.07, 6.45) is 8.00. The number of nitrogens with one attached hydrogen (secondary N) is 1. The number of nitrogens with zero attached hydrogens (tertiary/aromatic N) is 2. The van der Waals surface area contributed by atoms with Crippen LogP contribution in [0.1, 0.15) is 29.5 Å². The summed E-state index contributed by atoms with van der Waals surface area (Å²) in [4.78, 5) is 20.7. The lowest BCUT2D eigenvalue weighted by Crippen LogP contribution is -2.33.